The number of hydrogen-bond acceptors (Lipinski definition) is 3. The summed E-state index contributed by atoms with van der Waals surface area (Å²) in [5.41, 5.74) is 9.83. The van der Waals surface area contributed by atoms with Gasteiger partial charge in [0.05, 0.1) is 13.7 Å². The standard InChI is InChI=1S/C15H18N4O/c1-20-11-7-5-10(6-8-11)9-19-13-4-2-3-12(13)14(18-19)15(16)17/h5-8H,2-4,9H2,1H3,(H3,16,17). The van der Waals surface area contributed by atoms with Gasteiger partial charge >= 0.3 is 0 Å². The lowest BCUT2D eigenvalue weighted by Crippen LogP contribution is -2.14. The lowest BCUT2D eigenvalue weighted by atomic mass is 10.2. The number of rotatable bonds is 4. The van der Waals surface area contributed by atoms with Crippen molar-refractivity contribution in [1.29, 1.82) is 5.41 Å². The topological polar surface area (TPSA) is 76.9 Å². The zero-order valence-electron chi connectivity index (χ0n) is 11.5. The monoisotopic (exact) mass is 270 g/mol. The minimum absolute atomic E-state index is 0.0663. The summed E-state index contributed by atoms with van der Waals surface area (Å²) >= 11 is 0. The maximum Gasteiger partial charge on any atom is 0.144 e. The van der Waals surface area contributed by atoms with E-state index in [1.807, 2.05) is 28.9 Å². The number of nitrogens with one attached hydrogen (secondary N) is 1. The number of nitrogens with two attached hydrogens (primary N) is 1. The van der Waals surface area contributed by atoms with E-state index in [-0.39, 0.29) is 5.84 Å². The van der Waals surface area contributed by atoms with Gasteiger partial charge in [-0.15, -0.1) is 0 Å². The molecule has 0 bridgehead atoms. The summed E-state index contributed by atoms with van der Waals surface area (Å²) in [6, 6.07) is 7.97. The van der Waals surface area contributed by atoms with Crippen LogP contribution in [0.1, 0.15) is 28.9 Å². The quantitative estimate of drug-likeness (QED) is 0.656. The van der Waals surface area contributed by atoms with Crippen molar-refractivity contribution in [3.8, 4) is 5.75 Å². The van der Waals surface area contributed by atoms with Crippen LogP contribution in [0.3, 0.4) is 0 Å². The van der Waals surface area contributed by atoms with Crippen molar-refractivity contribution in [2.24, 2.45) is 5.73 Å². The second kappa shape index (κ2) is 5.00. The maximum atomic E-state index is 7.64. The van der Waals surface area contributed by atoms with E-state index < -0.39 is 0 Å². The minimum atomic E-state index is 0.0663. The van der Waals surface area contributed by atoms with E-state index in [0.29, 0.717) is 12.2 Å². The summed E-state index contributed by atoms with van der Waals surface area (Å²) in [6.07, 6.45) is 3.12. The molecular formula is C15H18N4O. The highest BCUT2D eigenvalue weighted by Crippen LogP contribution is 2.26. The van der Waals surface area contributed by atoms with Gasteiger partial charge in [-0.3, -0.25) is 10.1 Å². The van der Waals surface area contributed by atoms with E-state index in [1.54, 1.807) is 7.11 Å². The molecule has 1 aliphatic rings. The lowest BCUT2D eigenvalue weighted by Gasteiger charge is -2.06. The number of hydrogen-bond donors (Lipinski definition) is 2. The molecule has 3 N–H and O–H groups in total. The van der Waals surface area contributed by atoms with Crippen LogP contribution in [0, 0.1) is 5.41 Å². The smallest absolute Gasteiger partial charge is 0.144 e. The van der Waals surface area contributed by atoms with Crippen molar-refractivity contribution < 1.29 is 4.74 Å². The van der Waals surface area contributed by atoms with E-state index in [4.69, 9.17) is 15.9 Å². The van der Waals surface area contributed by atoms with Gasteiger partial charge in [-0.2, -0.15) is 5.10 Å². The Labute approximate surface area is 117 Å². The second-order valence-electron chi connectivity index (χ2n) is 5.05. The molecule has 0 spiro atoms. The van der Waals surface area contributed by atoms with Gasteiger partial charge in [0.25, 0.3) is 0 Å². The maximum absolute atomic E-state index is 7.64. The summed E-state index contributed by atoms with van der Waals surface area (Å²) in [4.78, 5) is 0. The Balaban J connectivity index is 1.90. The molecule has 20 heavy (non-hydrogen) atoms. The normalized spacial score (nSPS) is 13.2. The van der Waals surface area contributed by atoms with Gasteiger partial charge in [-0.05, 0) is 37.0 Å². The van der Waals surface area contributed by atoms with Crippen molar-refractivity contribution >= 4 is 5.84 Å². The first-order valence-electron chi connectivity index (χ1n) is 6.75. The molecule has 0 fully saturated rings. The number of ether oxygens (including phenoxy) is 1. The first-order valence-corrected chi connectivity index (χ1v) is 6.75. The number of benzene rings is 1. The van der Waals surface area contributed by atoms with Crippen LogP contribution in [0.2, 0.25) is 0 Å². The average Bonchev–Trinajstić information content (AvgIpc) is 3.03. The van der Waals surface area contributed by atoms with Crippen LogP contribution in [0.15, 0.2) is 24.3 Å². The number of methoxy groups -OCH3 is 1. The number of amidine groups is 1. The van der Waals surface area contributed by atoms with Crippen LogP contribution < -0.4 is 10.5 Å². The Morgan fingerprint density at radius 1 is 1.35 bits per heavy atom. The highest BCUT2D eigenvalue weighted by molar-refractivity contribution is 5.94. The van der Waals surface area contributed by atoms with Gasteiger partial charge in [0.2, 0.25) is 0 Å². The molecule has 0 radical (unpaired) electrons. The molecule has 0 saturated carbocycles. The van der Waals surface area contributed by atoms with E-state index in [2.05, 4.69) is 5.10 Å². The second-order valence-corrected chi connectivity index (χ2v) is 5.05. The first kappa shape index (κ1) is 12.7. The highest BCUT2D eigenvalue weighted by atomic mass is 16.5. The van der Waals surface area contributed by atoms with Gasteiger partial charge in [0.1, 0.15) is 17.3 Å². The fraction of sp³-hybridized carbons (Fsp3) is 0.333. The van der Waals surface area contributed by atoms with E-state index in [9.17, 15) is 0 Å². The van der Waals surface area contributed by atoms with Crippen LogP contribution in [0.4, 0.5) is 0 Å². The molecule has 0 aliphatic heterocycles. The Bertz CT molecular complexity index is 643. The Morgan fingerprint density at radius 2 is 2.10 bits per heavy atom. The highest BCUT2D eigenvalue weighted by Gasteiger charge is 2.23. The Hall–Kier alpha value is -2.30. The van der Waals surface area contributed by atoms with Crippen LogP contribution in [-0.2, 0) is 19.4 Å². The van der Waals surface area contributed by atoms with E-state index >= 15 is 0 Å². The van der Waals surface area contributed by atoms with E-state index in [0.717, 1.165) is 36.1 Å². The third kappa shape index (κ3) is 2.15. The van der Waals surface area contributed by atoms with Crippen LogP contribution >= 0.6 is 0 Å². The van der Waals surface area contributed by atoms with Crippen molar-refractivity contribution in [1.82, 2.24) is 9.78 Å². The van der Waals surface area contributed by atoms with Crippen molar-refractivity contribution in [2.75, 3.05) is 7.11 Å². The van der Waals surface area contributed by atoms with Gasteiger partial charge in [-0.1, -0.05) is 12.1 Å². The van der Waals surface area contributed by atoms with Crippen molar-refractivity contribution in [3.63, 3.8) is 0 Å². The summed E-state index contributed by atoms with van der Waals surface area (Å²) in [5.74, 6) is 0.917. The third-order valence-corrected chi connectivity index (χ3v) is 3.75. The average molecular weight is 270 g/mol. The molecular weight excluding hydrogens is 252 g/mol. The summed E-state index contributed by atoms with van der Waals surface area (Å²) in [6.45, 7) is 0.708. The van der Waals surface area contributed by atoms with Crippen LogP contribution in [-0.4, -0.2) is 22.7 Å². The number of fused-ring (bicyclic) bond motifs is 1. The number of nitrogen functional groups attached to an aromatic ring is 1. The van der Waals surface area contributed by atoms with Gasteiger partial charge in [0.15, 0.2) is 0 Å². The molecule has 5 nitrogen and oxygen atoms in total. The Morgan fingerprint density at radius 3 is 2.75 bits per heavy atom. The molecule has 1 aromatic carbocycles. The van der Waals surface area contributed by atoms with Crippen LogP contribution in [0.5, 0.6) is 5.75 Å². The molecule has 0 unspecified atom stereocenters. The van der Waals surface area contributed by atoms with Gasteiger partial charge in [0, 0.05) is 11.3 Å². The molecule has 1 heterocycles. The molecule has 0 atom stereocenters. The Kier molecular flexibility index (Phi) is 3.18. The van der Waals surface area contributed by atoms with Gasteiger partial charge < -0.3 is 10.5 Å². The van der Waals surface area contributed by atoms with Gasteiger partial charge in [-0.25, -0.2) is 0 Å². The molecule has 0 amide bonds. The first-order chi connectivity index (χ1) is 9.69. The summed E-state index contributed by atoms with van der Waals surface area (Å²) < 4.78 is 7.15. The predicted molar refractivity (Wildman–Crippen MR) is 77.4 cm³/mol. The minimum Gasteiger partial charge on any atom is -0.497 e. The molecule has 5 heteroatoms. The van der Waals surface area contributed by atoms with E-state index in [1.165, 1.54) is 5.69 Å². The molecule has 0 saturated heterocycles. The largest absolute Gasteiger partial charge is 0.497 e. The summed E-state index contributed by atoms with van der Waals surface area (Å²) in [7, 11) is 1.66. The van der Waals surface area contributed by atoms with Crippen molar-refractivity contribution in [3.05, 3.63) is 46.8 Å². The summed E-state index contributed by atoms with van der Waals surface area (Å²) in [5, 5.41) is 12.1. The number of nitrogens with zero attached hydrogens (tertiary/aromatic N) is 2. The van der Waals surface area contributed by atoms with Crippen LogP contribution in [0.25, 0.3) is 0 Å². The van der Waals surface area contributed by atoms with Crippen molar-refractivity contribution in [2.45, 2.75) is 25.8 Å². The zero-order valence-corrected chi connectivity index (χ0v) is 11.5. The predicted octanol–water partition coefficient (Wildman–Crippen LogP) is 1.71. The lowest BCUT2D eigenvalue weighted by molar-refractivity contribution is 0.414. The zero-order chi connectivity index (χ0) is 14.1. The SMILES string of the molecule is COc1ccc(Cn2nc(C(=N)N)c3c2CCC3)cc1. The fourth-order valence-electron chi connectivity index (χ4n) is 2.76. The fourth-order valence-corrected chi connectivity index (χ4v) is 2.76. The molecule has 2 aromatic rings. The molecule has 1 aromatic heterocycles. The molecule has 104 valence electrons. The molecule has 3 rings (SSSR count). The number of aromatic nitrogens is 2. The molecule has 1 aliphatic carbocycles. The third-order valence-electron chi connectivity index (χ3n) is 3.75.